The van der Waals surface area contributed by atoms with Crippen molar-refractivity contribution in [2.24, 2.45) is 17.8 Å². The number of hydrogen-bond donors (Lipinski definition) is 0. The molecule has 0 aromatic rings. The highest BCUT2D eigenvalue weighted by atomic mass is 15.1. The monoisotopic (exact) mass is 183 g/mol. The second-order valence-corrected chi connectivity index (χ2v) is 5.28. The Morgan fingerprint density at radius 2 is 1.92 bits per heavy atom. The maximum absolute atomic E-state index is 2.64. The number of hydrogen-bond acceptors (Lipinski definition) is 1. The van der Waals surface area contributed by atoms with Crippen molar-refractivity contribution in [1.29, 1.82) is 0 Å². The summed E-state index contributed by atoms with van der Waals surface area (Å²) in [4.78, 5) is 2.64. The highest BCUT2D eigenvalue weighted by molar-refractivity contribution is 4.77. The predicted molar refractivity (Wildman–Crippen MR) is 58.8 cm³/mol. The standard InChI is InChI=1S/C12H25N/c1-10(2)5-7-13-8-6-12(9-13)11(3)4/h10-12H,5-9H2,1-4H3/t12-/m0/s1. The highest BCUT2D eigenvalue weighted by Crippen LogP contribution is 2.23. The van der Waals surface area contributed by atoms with Crippen molar-refractivity contribution in [1.82, 2.24) is 4.90 Å². The van der Waals surface area contributed by atoms with Crippen LogP contribution in [-0.2, 0) is 0 Å². The molecule has 1 fully saturated rings. The van der Waals surface area contributed by atoms with E-state index in [1.165, 1.54) is 32.5 Å². The molecule has 0 spiro atoms. The van der Waals surface area contributed by atoms with Gasteiger partial charge < -0.3 is 4.90 Å². The highest BCUT2D eigenvalue weighted by Gasteiger charge is 2.24. The van der Waals surface area contributed by atoms with Crippen LogP contribution in [0.3, 0.4) is 0 Å². The smallest absolute Gasteiger partial charge is 0.00126 e. The molecule has 1 aliphatic rings. The van der Waals surface area contributed by atoms with Gasteiger partial charge in [0, 0.05) is 6.54 Å². The summed E-state index contributed by atoms with van der Waals surface area (Å²) in [6.07, 6.45) is 2.79. The molecular formula is C12H25N. The quantitative estimate of drug-likeness (QED) is 0.647. The molecule has 0 saturated carbocycles. The minimum Gasteiger partial charge on any atom is -0.303 e. The van der Waals surface area contributed by atoms with Gasteiger partial charge in [-0.2, -0.15) is 0 Å². The number of nitrogens with zero attached hydrogens (tertiary/aromatic N) is 1. The van der Waals surface area contributed by atoms with Crippen molar-refractivity contribution in [3.05, 3.63) is 0 Å². The van der Waals surface area contributed by atoms with E-state index in [0.29, 0.717) is 0 Å². The van der Waals surface area contributed by atoms with E-state index >= 15 is 0 Å². The average molecular weight is 183 g/mol. The fourth-order valence-corrected chi connectivity index (χ4v) is 2.05. The zero-order valence-electron chi connectivity index (χ0n) is 9.71. The second-order valence-electron chi connectivity index (χ2n) is 5.28. The fourth-order valence-electron chi connectivity index (χ4n) is 2.05. The van der Waals surface area contributed by atoms with Gasteiger partial charge in [0.15, 0.2) is 0 Å². The molecule has 1 aliphatic heterocycles. The topological polar surface area (TPSA) is 3.24 Å². The molecule has 1 saturated heterocycles. The van der Waals surface area contributed by atoms with Crippen LogP contribution in [-0.4, -0.2) is 24.5 Å². The first-order valence-corrected chi connectivity index (χ1v) is 5.82. The molecule has 0 unspecified atom stereocenters. The van der Waals surface area contributed by atoms with Gasteiger partial charge in [-0.25, -0.2) is 0 Å². The summed E-state index contributed by atoms with van der Waals surface area (Å²) in [5, 5.41) is 0. The number of likely N-dealkylation sites (tertiary alicyclic amines) is 1. The minimum atomic E-state index is 0.859. The SMILES string of the molecule is CC(C)CCN1CC[C@H](C(C)C)C1. The molecule has 1 nitrogen and oxygen atoms in total. The zero-order chi connectivity index (χ0) is 9.84. The first-order valence-electron chi connectivity index (χ1n) is 5.82. The Kier molecular flexibility index (Phi) is 4.24. The third-order valence-electron chi connectivity index (χ3n) is 3.27. The van der Waals surface area contributed by atoms with Crippen molar-refractivity contribution in [3.8, 4) is 0 Å². The third-order valence-corrected chi connectivity index (χ3v) is 3.27. The molecule has 1 heterocycles. The van der Waals surface area contributed by atoms with Crippen molar-refractivity contribution < 1.29 is 0 Å². The fraction of sp³-hybridized carbons (Fsp3) is 1.00. The van der Waals surface area contributed by atoms with Crippen molar-refractivity contribution in [2.75, 3.05) is 19.6 Å². The van der Waals surface area contributed by atoms with Crippen LogP contribution in [0.4, 0.5) is 0 Å². The Balaban J connectivity index is 2.17. The van der Waals surface area contributed by atoms with Crippen molar-refractivity contribution in [3.63, 3.8) is 0 Å². The van der Waals surface area contributed by atoms with Crippen LogP contribution >= 0.6 is 0 Å². The van der Waals surface area contributed by atoms with Gasteiger partial charge in [-0.3, -0.25) is 0 Å². The Morgan fingerprint density at radius 1 is 1.23 bits per heavy atom. The van der Waals surface area contributed by atoms with Crippen LogP contribution in [0.2, 0.25) is 0 Å². The summed E-state index contributed by atoms with van der Waals surface area (Å²) >= 11 is 0. The molecule has 0 aliphatic carbocycles. The minimum absolute atomic E-state index is 0.859. The third kappa shape index (κ3) is 3.68. The van der Waals surface area contributed by atoms with Crippen LogP contribution in [0.5, 0.6) is 0 Å². The molecule has 78 valence electrons. The average Bonchev–Trinajstić information content (AvgIpc) is 2.48. The molecule has 0 N–H and O–H groups in total. The largest absolute Gasteiger partial charge is 0.303 e. The van der Waals surface area contributed by atoms with E-state index < -0.39 is 0 Å². The normalized spacial score (nSPS) is 24.9. The Morgan fingerprint density at radius 3 is 2.38 bits per heavy atom. The number of rotatable bonds is 4. The van der Waals surface area contributed by atoms with Crippen LogP contribution in [0.1, 0.15) is 40.5 Å². The molecular weight excluding hydrogens is 158 g/mol. The van der Waals surface area contributed by atoms with Crippen LogP contribution in [0.25, 0.3) is 0 Å². The van der Waals surface area contributed by atoms with Gasteiger partial charge in [0.05, 0.1) is 0 Å². The Hall–Kier alpha value is -0.0400. The summed E-state index contributed by atoms with van der Waals surface area (Å²) < 4.78 is 0. The maximum atomic E-state index is 2.64. The van der Waals surface area contributed by atoms with Crippen LogP contribution in [0.15, 0.2) is 0 Å². The molecule has 0 radical (unpaired) electrons. The summed E-state index contributed by atoms with van der Waals surface area (Å²) in [7, 11) is 0. The van der Waals surface area contributed by atoms with Gasteiger partial charge in [0.2, 0.25) is 0 Å². The van der Waals surface area contributed by atoms with Gasteiger partial charge in [0.25, 0.3) is 0 Å². The van der Waals surface area contributed by atoms with Crippen molar-refractivity contribution in [2.45, 2.75) is 40.5 Å². The van der Waals surface area contributed by atoms with Gasteiger partial charge >= 0.3 is 0 Å². The van der Waals surface area contributed by atoms with E-state index in [9.17, 15) is 0 Å². The lowest BCUT2D eigenvalue weighted by molar-refractivity contribution is 0.286. The Labute approximate surface area is 83.5 Å². The molecule has 13 heavy (non-hydrogen) atoms. The second kappa shape index (κ2) is 4.99. The van der Waals surface area contributed by atoms with Gasteiger partial charge in [0.1, 0.15) is 0 Å². The molecule has 0 aromatic carbocycles. The lowest BCUT2D eigenvalue weighted by Crippen LogP contribution is -2.24. The molecule has 0 amide bonds. The molecule has 1 heteroatoms. The maximum Gasteiger partial charge on any atom is 0.00126 e. The van der Waals surface area contributed by atoms with Crippen LogP contribution in [0, 0.1) is 17.8 Å². The van der Waals surface area contributed by atoms with Gasteiger partial charge in [-0.15, -0.1) is 0 Å². The Bertz CT molecular complexity index is 140. The summed E-state index contributed by atoms with van der Waals surface area (Å²) in [5.41, 5.74) is 0. The van der Waals surface area contributed by atoms with E-state index in [2.05, 4.69) is 32.6 Å². The summed E-state index contributed by atoms with van der Waals surface area (Å²) in [6, 6.07) is 0. The van der Waals surface area contributed by atoms with Crippen molar-refractivity contribution >= 4 is 0 Å². The van der Waals surface area contributed by atoms with E-state index in [-0.39, 0.29) is 0 Å². The summed E-state index contributed by atoms with van der Waals surface area (Å²) in [6.45, 7) is 13.4. The van der Waals surface area contributed by atoms with Gasteiger partial charge in [-0.1, -0.05) is 27.7 Å². The van der Waals surface area contributed by atoms with Crippen LogP contribution < -0.4 is 0 Å². The van der Waals surface area contributed by atoms with Gasteiger partial charge in [-0.05, 0) is 43.7 Å². The molecule has 1 atom stereocenters. The molecule has 1 rings (SSSR count). The molecule has 0 bridgehead atoms. The first kappa shape index (κ1) is 11.0. The van der Waals surface area contributed by atoms with E-state index in [1.54, 1.807) is 0 Å². The lowest BCUT2D eigenvalue weighted by Gasteiger charge is -2.18. The lowest BCUT2D eigenvalue weighted by atomic mass is 9.95. The molecule has 0 aromatic heterocycles. The predicted octanol–water partition coefficient (Wildman–Crippen LogP) is 3.01. The van der Waals surface area contributed by atoms with E-state index in [0.717, 1.165) is 17.8 Å². The zero-order valence-corrected chi connectivity index (χ0v) is 9.71. The first-order chi connectivity index (χ1) is 6.09. The summed E-state index contributed by atoms with van der Waals surface area (Å²) in [5.74, 6) is 2.70. The van der Waals surface area contributed by atoms with E-state index in [4.69, 9.17) is 0 Å². The van der Waals surface area contributed by atoms with E-state index in [1.807, 2.05) is 0 Å².